The second kappa shape index (κ2) is 3.95. The minimum absolute atomic E-state index is 0.0513. The van der Waals surface area contributed by atoms with Gasteiger partial charge in [0.05, 0.1) is 19.1 Å². The van der Waals surface area contributed by atoms with Gasteiger partial charge in [-0.25, -0.2) is 0 Å². The summed E-state index contributed by atoms with van der Waals surface area (Å²) in [5.74, 6) is 0.818. The van der Waals surface area contributed by atoms with Gasteiger partial charge in [0, 0.05) is 0 Å². The standard InChI is InChI=1S/C11H13NO/c1-8-6-10(9(2)7-12)4-5-11(8)13-3/h4-6,9H,1-3H3. The van der Waals surface area contributed by atoms with Gasteiger partial charge in [-0.05, 0) is 31.0 Å². The van der Waals surface area contributed by atoms with Gasteiger partial charge < -0.3 is 4.74 Å². The number of hydrogen-bond acceptors (Lipinski definition) is 2. The molecule has 1 aromatic carbocycles. The van der Waals surface area contributed by atoms with E-state index in [1.54, 1.807) is 7.11 Å². The fourth-order valence-corrected chi connectivity index (χ4v) is 1.25. The van der Waals surface area contributed by atoms with Gasteiger partial charge in [0.1, 0.15) is 5.75 Å². The van der Waals surface area contributed by atoms with Crippen molar-refractivity contribution in [2.24, 2.45) is 0 Å². The number of nitrogens with zero attached hydrogens (tertiary/aromatic N) is 1. The normalized spacial score (nSPS) is 11.8. The summed E-state index contributed by atoms with van der Waals surface area (Å²) < 4.78 is 5.13. The third-order valence-electron chi connectivity index (χ3n) is 2.11. The minimum Gasteiger partial charge on any atom is -0.496 e. The molecule has 1 aromatic rings. The molecule has 0 bridgehead atoms. The topological polar surface area (TPSA) is 33.0 Å². The van der Waals surface area contributed by atoms with Crippen molar-refractivity contribution < 1.29 is 4.74 Å². The molecule has 0 aliphatic carbocycles. The number of nitriles is 1. The third-order valence-corrected chi connectivity index (χ3v) is 2.11. The fraction of sp³-hybridized carbons (Fsp3) is 0.364. The fourth-order valence-electron chi connectivity index (χ4n) is 1.25. The zero-order chi connectivity index (χ0) is 9.84. The highest BCUT2D eigenvalue weighted by Gasteiger charge is 2.05. The van der Waals surface area contributed by atoms with Crippen LogP contribution in [0.4, 0.5) is 0 Å². The van der Waals surface area contributed by atoms with Crippen molar-refractivity contribution in [3.05, 3.63) is 29.3 Å². The first-order valence-electron chi connectivity index (χ1n) is 4.23. The Morgan fingerprint density at radius 3 is 2.62 bits per heavy atom. The zero-order valence-electron chi connectivity index (χ0n) is 8.16. The highest BCUT2D eigenvalue weighted by atomic mass is 16.5. The molecule has 0 fully saturated rings. The van der Waals surface area contributed by atoms with Gasteiger partial charge in [0.15, 0.2) is 0 Å². The number of hydrogen-bond donors (Lipinski definition) is 0. The smallest absolute Gasteiger partial charge is 0.121 e. The van der Waals surface area contributed by atoms with Crippen LogP contribution in [0.2, 0.25) is 0 Å². The van der Waals surface area contributed by atoms with E-state index in [-0.39, 0.29) is 5.92 Å². The summed E-state index contributed by atoms with van der Waals surface area (Å²) in [6, 6.07) is 8.03. The lowest BCUT2D eigenvalue weighted by Gasteiger charge is -2.07. The lowest BCUT2D eigenvalue weighted by Crippen LogP contribution is -1.92. The van der Waals surface area contributed by atoms with E-state index < -0.39 is 0 Å². The average Bonchev–Trinajstić information content (AvgIpc) is 2.16. The molecule has 2 nitrogen and oxygen atoms in total. The van der Waals surface area contributed by atoms with Gasteiger partial charge in [-0.15, -0.1) is 0 Å². The Morgan fingerprint density at radius 1 is 1.46 bits per heavy atom. The van der Waals surface area contributed by atoms with Gasteiger partial charge in [-0.2, -0.15) is 5.26 Å². The molecule has 13 heavy (non-hydrogen) atoms. The van der Waals surface area contributed by atoms with Crippen LogP contribution in [0.5, 0.6) is 5.75 Å². The van der Waals surface area contributed by atoms with Crippen LogP contribution in [0.1, 0.15) is 24.0 Å². The Kier molecular flexibility index (Phi) is 2.92. The highest BCUT2D eigenvalue weighted by Crippen LogP contribution is 2.22. The summed E-state index contributed by atoms with van der Waals surface area (Å²) in [6.45, 7) is 3.87. The molecule has 0 N–H and O–H groups in total. The highest BCUT2D eigenvalue weighted by molar-refractivity contribution is 5.38. The largest absolute Gasteiger partial charge is 0.496 e. The van der Waals surface area contributed by atoms with E-state index in [0.29, 0.717) is 0 Å². The molecule has 0 aliphatic rings. The van der Waals surface area contributed by atoms with Crippen LogP contribution in [0, 0.1) is 18.3 Å². The Hall–Kier alpha value is -1.49. The molecule has 0 aromatic heterocycles. The molecule has 0 amide bonds. The molecule has 2 heteroatoms. The Morgan fingerprint density at radius 2 is 2.15 bits per heavy atom. The SMILES string of the molecule is COc1ccc(C(C)C#N)cc1C. The predicted molar refractivity (Wildman–Crippen MR) is 51.8 cm³/mol. The van der Waals surface area contributed by atoms with Crippen molar-refractivity contribution in [1.82, 2.24) is 0 Å². The third kappa shape index (κ3) is 2.00. The van der Waals surface area contributed by atoms with E-state index >= 15 is 0 Å². The van der Waals surface area contributed by atoms with E-state index in [2.05, 4.69) is 6.07 Å². The quantitative estimate of drug-likeness (QED) is 0.692. The van der Waals surface area contributed by atoms with Crippen molar-refractivity contribution in [2.45, 2.75) is 19.8 Å². The summed E-state index contributed by atoms with van der Waals surface area (Å²) in [5, 5.41) is 8.72. The van der Waals surface area contributed by atoms with Crippen LogP contribution in [-0.4, -0.2) is 7.11 Å². The molecule has 0 spiro atoms. The summed E-state index contributed by atoms with van der Waals surface area (Å²) >= 11 is 0. The molecule has 0 heterocycles. The molecule has 1 unspecified atom stereocenters. The summed E-state index contributed by atoms with van der Waals surface area (Å²) in [6.07, 6.45) is 0. The van der Waals surface area contributed by atoms with Crippen LogP contribution in [0.25, 0.3) is 0 Å². The number of benzene rings is 1. The average molecular weight is 175 g/mol. The van der Waals surface area contributed by atoms with Gasteiger partial charge in [0.25, 0.3) is 0 Å². The van der Waals surface area contributed by atoms with Crippen molar-refractivity contribution in [3.8, 4) is 11.8 Å². The molecular weight excluding hydrogens is 162 g/mol. The Balaban J connectivity index is 3.04. The zero-order valence-corrected chi connectivity index (χ0v) is 8.16. The van der Waals surface area contributed by atoms with Crippen molar-refractivity contribution >= 4 is 0 Å². The summed E-state index contributed by atoms with van der Waals surface area (Å²) in [7, 11) is 1.65. The maximum Gasteiger partial charge on any atom is 0.121 e. The Labute approximate surface area is 78.8 Å². The Bertz CT molecular complexity index is 338. The molecule has 1 atom stereocenters. The molecule has 1 rings (SSSR count). The van der Waals surface area contributed by atoms with Gasteiger partial charge in [-0.3, -0.25) is 0 Å². The first-order valence-corrected chi connectivity index (χ1v) is 4.23. The first-order chi connectivity index (χ1) is 6.19. The van der Waals surface area contributed by atoms with Crippen molar-refractivity contribution in [2.75, 3.05) is 7.11 Å². The van der Waals surface area contributed by atoms with Crippen LogP contribution in [-0.2, 0) is 0 Å². The first kappa shape index (κ1) is 9.60. The lowest BCUT2D eigenvalue weighted by molar-refractivity contribution is 0.411. The van der Waals surface area contributed by atoms with Gasteiger partial charge >= 0.3 is 0 Å². The van der Waals surface area contributed by atoms with E-state index in [1.165, 1.54) is 0 Å². The van der Waals surface area contributed by atoms with Gasteiger partial charge in [-0.1, -0.05) is 12.1 Å². The van der Waals surface area contributed by atoms with Crippen LogP contribution in [0.3, 0.4) is 0 Å². The van der Waals surface area contributed by atoms with Crippen molar-refractivity contribution in [3.63, 3.8) is 0 Å². The predicted octanol–water partition coefficient (Wildman–Crippen LogP) is 2.63. The molecular formula is C11H13NO. The van der Waals surface area contributed by atoms with E-state index in [0.717, 1.165) is 16.9 Å². The second-order valence-electron chi connectivity index (χ2n) is 3.08. The number of methoxy groups -OCH3 is 1. The molecule has 0 aliphatic heterocycles. The van der Waals surface area contributed by atoms with E-state index in [9.17, 15) is 0 Å². The number of aryl methyl sites for hydroxylation is 1. The number of rotatable bonds is 2. The molecule has 0 saturated heterocycles. The second-order valence-corrected chi connectivity index (χ2v) is 3.08. The van der Waals surface area contributed by atoms with E-state index in [4.69, 9.17) is 10.00 Å². The van der Waals surface area contributed by atoms with Crippen LogP contribution in [0.15, 0.2) is 18.2 Å². The van der Waals surface area contributed by atoms with Gasteiger partial charge in [0.2, 0.25) is 0 Å². The molecule has 0 saturated carbocycles. The molecule has 68 valence electrons. The summed E-state index contributed by atoms with van der Waals surface area (Å²) in [5.41, 5.74) is 2.11. The van der Waals surface area contributed by atoms with E-state index in [1.807, 2.05) is 32.0 Å². The minimum atomic E-state index is -0.0513. The number of ether oxygens (including phenoxy) is 1. The van der Waals surface area contributed by atoms with Crippen LogP contribution < -0.4 is 4.74 Å². The van der Waals surface area contributed by atoms with Crippen molar-refractivity contribution in [1.29, 1.82) is 5.26 Å². The maximum atomic E-state index is 8.72. The molecule has 0 radical (unpaired) electrons. The summed E-state index contributed by atoms with van der Waals surface area (Å²) in [4.78, 5) is 0. The van der Waals surface area contributed by atoms with Crippen LogP contribution >= 0.6 is 0 Å². The lowest BCUT2D eigenvalue weighted by atomic mass is 10.0. The monoisotopic (exact) mass is 175 g/mol. The maximum absolute atomic E-state index is 8.72.